The number of aliphatic carboxylic acids is 1. The Morgan fingerprint density at radius 2 is 1.95 bits per heavy atom. The molecule has 118 valence electrons. The molecule has 2 atom stereocenters. The predicted octanol–water partition coefficient (Wildman–Crippen LogP) is 2.82. The summed E-state index contributed by atoms with van der Waals surface area (Å²) < 4.78 is 0. The summed E-state index contributed by atoms with van der Waals surface area (Å²) in [5.41, 5.74) is 2.85. The van der Waals surface area contributed by atoms with E-state index in [4.69, 9.17) is 5.11 Å². The van der Waals surface area contributed by atoms with Crippen LogP contribution in [0.3, 0.4) is 0 Å². The first-order valence-corrected chi connectivity index (χ1v) is 7.51. The third-order valence-electron chi connectivity index (χ3n) is 3.66. The molecule has 1 rings (SSSR count). The van der Waals surface area contributed by atoms with E-state index in [-0.39, 0.29) is 6.42 Å². The minimum atomic E-state index is -0.901. The fourth-order valence-corrected chi connectivity index (χ4v) is 2.34. The Kier molecular flexibility index (Phi) is 6.85. The van der Waals surface area contributed by atoms with Crippen molar-refractivity contribution in [2.45, 2.75) is 52.7 Å². The molecule has 1 aromatic rings. The van der Waals surface area contributed by atoms with Gasteiger partial charge in [0.25, 0.3) is 0 Å². The number of rotatable bonds is 8. The van der Waals surface area contributed by atoms with Crippen LogP contribution >= 0.6 is 0 Å². The number of aliphatic hydroxyl groups excluding tert-OH is 1. The summed E-state index contributed by atoms with van der Waals surface area (Å²) in [7, 11) is 0. The summed E-state index contributed by atoms with van der Waals surface area (Å²) in [6.45, 7) is 8.85. The first kappa shape index (κ1) is 17.7. The first-order chi connectivity index (χ1) is 9.81. The summed E-state index contributed by atoms with van der Waals surface area (Å²) >= 11 is 0. The summed E-state index contributed by atoms with van der Waals surface area (Å²) in [6.07, 6.45) is 0.0515. The van der Waals surface area contributed by atoms with Crippen LogP contribution in [0.15, 0.2) is 18.2 Å². The van der Waals surface area contributed by atoms with E-state index >= 15 is 0 Å². The lowest BCUT2D eigenvalue weighted by atomic mass is 9.94. The van der Waals surface area contributed by atoms with Gasteiger partial charge in [-0.2, -0.15) is 0 Å². The van der Waals surface area contributed by atoms with E-state index in [1.54, 1.807) is 0 Å². The number of carbonyl (C=O) groups is 1. The maximum atomic E-state index is 11.0. The number of benzene rings is 1. The van der Waals surface area contributed by atoms with Gasteiger partial charge in [-0.25, -0.2) is 0 Å². The smallest absolute Gasteiger partial charge is 0.305 e. The Morgan fingerprint density at radius 3 is 2.52 bits per heavy atom. The van der Waals surface area contributed by atoms with E-state index < -0.39 is 18.1 Å². The molecule has 21 heavy (non-hydrogen) atoms. The number of aryl methyl sites for hydroxylation is 2. The fraction of sp³-hybridized carbons (Fsp3) is 0.588. The van der Waals surface area contributed by atoms with Crippen LogP contribution in [-0.4, -0.2) is 28.8 Å². The third kappa shape index (κ3) is 5.86. The van der Waals surface area contributed by atoms with Gasteiger partial charge < -0.3 is 15.5 Å². The van der Waals surface area contributed by atoms with Crippen molar-refractivity contribution in [1.29, 1.82) is 0 Å². The largest absolute Gasteiger partial charge is 0.481 e. The minimum Gasteiger partial charge on any atom is -0.481 e. The Morgan fingerprint density at radius 1 is 1.29 bits per heavy atom. The highest BCUT2D eigenvalue weighted by Gasteiger charge is 2.24. The van der Waals surface area contributed by atoms with Crippen molar-refractivity contribution in [2.75, 3.05) is 6.54 Å². The number of hydrogen-bond acceptors (Lipinski definition) is 3. The van der Waals surface area contributed by atoms with E-state index in [1.165, 1.54) is 0 Å². The van der Waals surface area contributed by atoms with Crippen LogP contribution in [0, 0.1) is 19.8 Å². The van der Waals surface area contributed by atoms with E-state index in [0.29, 0.717) is 12.5 Å². The van der Waals surface area contributed by atoms with Crippen LogP contribution in [0.4, 0.5) is 0 Å². The van der Waals surface area contributed by atoms with Crippen molar-refractivity contribution in [3.63, 3.8) is 0 Å². The molecule has 0 aromatic heterocycles. The SMILES string of the molecule is Cc1ccc(C)c(C(O)C(CC(=O)O)NCCC(C)C)c1. The van der Waals surface area contributed by atoms with Crippen LogP contribution in [-0.2, 0) is 4.79 Å². The molecular formula is C17H27NO3. The second kappa shape index (κ2) is 8.15. The molecule has 4 nitrogen and oxygen atoms in total. The number of nitrogens with one attached hydrogen (secondary N) is 1. The molecule has 0 heterocycles. The molecule has 0 saturated carbocycles. The van der Waals surface area contributed by atoms with Gasteiger partial charge in [0, 0.05) is 6.04 Å². The highest BCUT2D eigenvalue weighted by Crippen LogP contribution is 2.24. The normalized spacial score (nSPS) is 14.2. The second-order valence-electron chi connectivity index (χ2n) is 6.15. The molecule has 0 spiro atoms. The maximum Gasteiger partial charge on any atom is 0.305 e. The number of carboxylic acid groups (broad SMARTS) is 1. The maximum absolute atomic E-state index is 11.0. The lowest BCUT2D eigenvalue weighted by Crippen LogP contribution is -2.38. The van der Waals surface area contributed by atoms with Crippen molar-refractivity contribution in [2.24, 2.45) is 5.92 Å². The van der Waals surface area contributed by atoms with Crippen molar-refractivity contribution in [3.05, 3.63) is 34.9 Å². The molecule has 1 aromatic carbocycles. The first-order valence-electron chi connectivity index (χ1n) is 7.51. The fourth-order valence-electron chi connectivity index (χ4n) is 2.34. The predicted molar refractivity (Wildman–Crippen MR) is 84.4 cm³/mol. The molecule has 4 heteroatoms. The van der Waals surface area contributed by atoms with Gasteiger partial charge in [-0.1, -0.05) is 37.6 Å². The summed E-state index contributed by atoms with van der Waals surface area (Å²) in [5.74, 6) is -0.359. The highest BCUT2D eigenvalue weighted by molar-refractivity contribution is 5.67. The summed E-state index contributed by atoms with van der Waals surface area (Å²) in [6, 6.07) is 5.41. The second-order valence-corrected chi connectivity index (χ2v) is 6.15. The Hall–Kier alpha value is -1.39. The molecule has 0 amide bonds. The molecular weight excluding hydrogens is 266 g/mol. The van der Waals surface area contributed by atoms with Crippen molar-refractivity contribution in [1.82, 2.24) is 5.32 Å². The standard InChI is InChI=1S/C17H27NO3/c1-11(2)7-8-18-15(10-16(19)20)17(21)14-9-12(3)5-6-13(14)4/h5-6,9,11,15,17-18,21H,7-8,10H2,1-4H3,(H,19,20). The van der Waals surface area contributed by atoms with Gasteiger partial charge in [-0.05, 0) is 43.9 Å². The molecule has 0 radical (unpaired) electrons. The van der Waals surface area contributed by atoms with Gasteiger partial charge in [-0.15, -0.1) is 0 Å². The molecule has 0 bridgehead atoms. The zero-order valence-electron chi connectivity index (χ0n) is 13.4. The quantitative estimate of drug-likeness (QED) is 0.689. The number of carboxylic acids is 1. The lowest BCUT2D eigenvalue weighted by molar-refractivity contribution is -0.138. The molecule has 0 aliphatic carbocycles. The van der Waals surface area contributed by atoms with Crippen molar-refractivity contribution >= 4 is 5.97 Å². The highest BCUT2D eigenvalue weighted by atomic mass is 16.4. The van der Waals surface area contributed by atoms with Crippen molar-refractivity contribution in [3.8, 4) is 0 Å². The van der Waals surface area contributed by atoms with Crippen LogP contribution in [0.2, 0.25) is 0 Å². The van der Waals surface area contributed by atoms with Crippen LogP contribution < -0.4 is 5.32 Å². The average molecular weight is 293 g/mol. The van der Waals surface area contributed by atoms with Crippen LogP contribution in [0.5, 0.6) is 0 Å². The summed E-state index contributed by atoms with van der Waals surface area (Å²) in [5, 5.41) is 22.8. The van der Waals surface area contributed by atoms with Gasteiger partial charge >= 0.3 is 5.97 Å². The third-order valence-corrected chi connectivity index (χ3v) is 3.66. The molecule has 0 fully saturated rings. The van der Waals surface area contributed by atoms with E-state index in [2.05, 4.69) is 19.2 Å². The van der Waals surface area contributed by atoms with E-state index in [9.17, 15) is 9.90 Å². The molecule has 3 N–H and O–H groups in total. The van der Waals surface area contributed by atoms with Gasteiger partial charge in [0.15, 0.2) is 0 Å². The van der Waals surface area contributed by atoms with Crippen LogP contribution in [0.25, 0.3) is 0 Å². The molecule has 0 aliphatic rings. The molecule has 0 saturated heterocycles. The summed E-state index contributed by atoms with van der Waals surface area (Å²) in [4.78, 5) is 11.0. The van der Waals surface area contributed by atoms with Gasteiger partial charge in [0.05, 0.1) is 12.5 Å². The van der Waals surface area contributed by atoms with Gasteiger partial charge in [0.2, 0.25) is 0 Å². The molecule has 0 aliphatic heterocycles. The van der Waals surface area contributed by atoms with E-state index in [0.717, 1.165) is 23.1 Å². The minimum absolute atomic E-state index is 0.0906. The number of aliphatic hydroxyl groups is 1. The zero-order chi connectivity index (χ0) is 16.0. The van der Waals surface area contributed by atoms with Gasteiger partial charge in [0.1, 0.15) is 0 Å². The van der Waals surface area contributed by atoms with Crippen LogP contribution in [0.1, 0.15) is 49.5 Å². The monoisotopic (exact) mass is 293 g/mol. The Balaban J connectivity index is 2.85. The number of hydrogen-bond donors (Lipinski definition) is 3. The molecule has 2 unspecified atom stereocenters. The topological polar surface area (TPSA) is 69.6 Å². The van der Waals surface area contributed by atoms with Crippen molar-refractivity contribution < 1.29 is 15.0 Å². The lowest BCUT2D eigenvalue weighted by Gasteiger charge is -2.25. The Labute approximate surface area is 127 Å². The zero-order valence-corrected chi connectivity index (χ0v) is 13.4. The van der Waals surface area contributed by atoms with E-state index in [1.807, 2.05) is 32.0 Å². The Bertz CT molecular complexity index is 471. The van der Waals surface area contributed by atoms with Gasteiger partial charge in [-0.3, -0.25) is 4.79 Å². The average Bonchev–Trinajstić information content (AvgIpc) is 2.39.